The van der Waals surface area contributed by atoms with Crippen molar-refractivity contribution in [2.45, 2.75) is 27.2 Å². The van der Waals surface area contributed by atoms with E-state index in [2.05, 4.69) is 37.8 Å². The molecule has 106 valence electrons. The second kappa shape index (κ2) is 10.6. The normalized spacial score (nSPS) is 9.58. The first-order chi connectivity index (χ1) is 9.20. The predicted molar refractivity (Wildman–Crippen MR) is 81.5 cm³/mol. The number of methoxy groups -OCH3 is 1. The van der Waals surface area contributed by atoms with Crippen LogP contribution >= 0.6 is 15.9 Å². The van der Waals surface area contributed by atoms with Crippen LogP contribution in [0.1, 0.15) is 27.2 Å². The maximum atomic E-state index is 12.8. The molecule has 1 N–H and O–H groups in total. The minimum atomic E-state index is -0.276. The molecule has 1 aromatic heterocycles. The second-order valence-electron chi connectivity index (χ2n) is 3.21. The van der Waals surface area contributed by atoms with Gasteiger partial charge in [0, 0.05) is 5.39 Å². The molecule has 0 bridgehead atoms. The van der Waals surface area contributed by atoms with Crippen LogP contribution < -0.4 is 0 Å². The maximum Gasteiger partial charge on any atom is 0.139 e. The van der Waals surface area contributed by atoms with E-state index in [9.17, 15) is 4.39 Å². The summed E-state index contributed by atoms with van der Waals surface area (Å²) in [5.41, 5.74) is 0.699. The molecular formula is C14H20BrFN2O. The van der Waals surface area contributed by atoms with Crippen molar-refractivity contribution in [3.63, 3.8) is 0 Å². The average Bonchev–Trinajstić information content (AvgIpc) is 2.93. The van der Waals surface area contributed by atoms with E-state index in [1.807, 2.05) is 19.9 Å². The highest BCUT2D eigenvalue weighted by Crippen LogP contribution is 2.24. The molecule has 0 aliphatic heterocycles. The fourth-order valence-corrected chi connectivity index (χ4v) is 1.60. The monoisotopic (exact) mass is 330 g/mol. The molecule has 1 heterocycles. The summed E-state index contributed by atoms with van der Waals surface area (Å²) in [6, 6.07) is 3.08. The topological polar surface area (TPSA) is 37.9 Å². The Morgan fingerprint density at radius 2 is 2.11 bits per heavy atom. The minimum Gasteiger partial charge on any atom is -0.505 e. The molecule has 2 aromatic rings. The lowest BCUT2D eigenvalue weighted by Gasteiger charge is -1.93. The Bertz CT molecular complexity index is 491. The van der Waals surface area contributed by atoms with E-state index in [0.29, 0.717) is 9.99 Å². The largest absolute Gasteiger partial charge is 0.505 e. The van der Waals surface area contributed by atoms with Crippen LogP contribution in [0.2, 0.25) is 0 Å². The molecule has 0 atom stereocenters. The standard InChI is InChI=1S/C7H4BrFN2.C5H10O.C2H6/c8-6-5(9)2-1-4-3-10-11-7(4)6;1-3-4-5-6-2;1-2/h1-3H,(H,10,11);4-5H,3H2,1-2H3;1-2H3/b;5-4-;. The molecule has 0 spiro atoms. The van der Waals surface area contributed by atoms with Gasteiger partial charge in [-0.15, -0.1) is 0 Å². The number of hydrogen-bond acceptors (Lipinski definition) is 2. The third-order valence-corrected chi connectivity index (χ3v) is 2.75. The second-order valence-corrected chi connectivity index (χ2v) is 4.00. The predicted octanol–water partition coefficient (Wildman–Crippen LogP) is 5.05. The SMILES string of the molecule is CC.CC/C=C\OC.Fc1ccc2cn[nH]c2c1Br. The summed E-state index contributed by atoms with van der Waals surface area (Å²) in [6.07, 6.45) is 6.34. The molecule has 0 fully saturated rings. The average molecular weight is 331 g/mol. The van der Waals surface area contributed by atoms with Crippen molar-refractivity contribution in [1.29, 1.82) is 0 Å². The number of aromatic nitrogens is 2. The summed E-state index contributed by atoms with van der Waals surface area (Å²) in [5, 5.41) is 7.37. The third-order valence-electron chi connectivity index (χ3n) is 1.98. The van der Waals surface area contributed by atoms with Crippen molar-refractivity contribution in [2.75, 3.05) is 7.11 Å². The number of hydrogen-bond donors (Lipinski definition) is 1. The van der Waals surface area contributed by atoms with Gasteiger partial charge < -0.3 is 4.74 Å². The van der Waals surface area contributed by atoms with Crippen LogP contribution in [0.3, 0.4) is 0 Å². The van der Waals surface area contributed by atoms with Gasteiger partial charge in [0.1, 0.15) is 5.82 Å². The highest BCUT2D eigenvalue weighted by molar-refractivity contribution is 9.10. The van der Waals surface area contributed by atoms with Gasteiger partial charge in [-0.2, -0.15) is 5.10 Å². The number of H-pyrrole nitrogens is 1. The van der Waals surface area contributed by atoms with E-state index in [1.54, 1.807) is 25.6 Å². The van der Waals surface area contributed by atoms with Gasteiger partial charge in [-0.1, -0.05) is 26.8 Å². The number of nitrogens with one attached hydrogen (secondary N) is 1. The number of nitrogens with zero attached hydrogens (tertiary/aromatic N) is 1. The Hall–Kier alpha value is -1.36. The highest BCUT2D eigenvalue weighted by atomic mass is 79.9. The summed E-state index contributed by atoms with van der Waals surface area (Å²) in [7, 11) is 1.64. The lowest BCUT2D eigenvalue weighted by molar-refractivity contribution is 0.336. The summed E-state index contributed by atoms with van der Waals surface area (Å²) < 4.78 is 17.9. The van der Waals surface area contributed by atoms with Gasteiger partial charge in [-0.25, -0.2) is 4.39 Å². The van der Waals surface area contributed by atoms with Gasteiger partial charge in [0.25, 0.3) is 0 Å². The molecule has 1 aromatic carbocycles. The minimum absolute atomic E-state index is 0.276. The number of aromatic amines is 1. The zero-order chi connectivity index (χ0) is 14.7. The van der Waals surface area contributed by atoms with Gasteiger partial charge >= 0.3 is 0 Å². The van der Waals surface area contributed by atoms with E-state index in [1.165, 1.54) is 6.07 Å². The third kappa shape index (κ3) is 5.87. The number of benzene rings is 1. The summed E-state index contributed by atoms with van der Waals surface area (Å²) in [5.74, 6) is -0.276. The molecule has 0 aliphatic rings. The van der Waals surface area contributed by atoms with E-state index >= 15 is 0 Å². The molecule has 5 heteroatoms. The van der Waals surface area contributed by atoms with Crippen LogP contribution in [0.25, 0.3) is 10.9 Å². The van der Waals surface area contributed by atoms with Gasteiger partial charge in [0.15, 0.2) is 0 Å². The van der Waals surface area contributed by atoms with Gasteiger partial charge in [0.2, 0.25) is 0 Å². The molecule has 0 unspecified atom stereocenters. The summed E-state index contributed by atoms with van der Waals surface area (Å²) in [6.45, 7) is 6.06. The lowest BCUT2D eigenvalue weighted by atomic mass is 10.2. The summed E-state index contributed by atoms with van der Waals surface area (Å²) in [4.78, 5) is 0. The first kappa shape index (κ1) is 17.6. The molecule has 19 heavy (non-hydrogen) atoms. The molecule has 2 rings (SSSR count). The Morgan fingerprint density at radius 1 is 1.42 bits per heavy atom. The Morgan fingerprint density at radius 3 is 2.63 bits per heavy atom. The van der Waals surface area contributed by atoms with Crippen LogP contribution in [-0.4, -0.2) is 17.3 Å². The Kier molecular flexibility index (Phi) is 9.80. The fourth-order valence-electron chi connectivity index (χ4n) is 1.15. The van der Waals surface area contributed by atoms with E-state index in [4.69, 9.17) is 0 Å². The van der Waals surface area contributed by atoms with Gasteiger partial charge in [-0.05, 0) is 34.5 Å². The number of ether oxygens (including phenoxy) is 1. The van der Waals surface area contributed by atoms with E-state index in [-0.39, 0.29) is 5.82 Å². The number of rotatable bonds is 2. The molecular weight excluding hydrogens is 311 g/mol. The van der Waals surface area contributed by atoms with Crippen molar-refractivity contribution in [2.24, 2.45) is 0 Å². The smallest absolute Gasteiger partial charge is 0.139 e. The van der Waals surface area contributed by atoms with Crippen molar-refractivity contribution in [3.05, 3.63) is 41.0 Å². The first-order valence-electron chi connectivity index (χ1n) is 6.15. The van der Waals surface area contributed by atoms with Gasteiger partial charge in [-0.3, -0.25) is 5.10 Å². The zero-order valence-electron chi connectivity index (χ0n) is 11.7. The first-order valence-corrected chi connectivity index (χ1v) is 6.94. The van der Waals surface area contributed by atoms with Crippen molar-refractivity contribution >= 4 is 26.8 Å². The van der Waals surface area contributed by atoms with Crippen molar-refractivity contribution in [1.82, 2.24) is 10.2 Å². The fraction of sp³-hybridized carbons (Fsp3) is 0.357. The molecule has 0 saturated carbocycles. The molecule has 0 aliphatic carbocycles. The Balaban J connectivity index is 0.000000350. The van der Waals surface area contributed by atoms with Crippen molar-refractivity contribution in [3.8, 4) is 0 Å². The van der Waals surface area contributed by atoms with Crippen LogP contribution in [0.15, 0.2) is 35.1 Å². The molecule has 0 saturated heterocycles. The number of fused-ring (bicyclic) bond motifs is 1. The number of allylic oxidation sites excluding steroid dienone is 1. The van der Waals surface area contributed by atoms with Crippen molar-refractivity contribution < 1.29 is 9.13 Å². The van der Waals surface area contributed by atoms with Gasteiger partial charge in [0.05, 0.1) is 29.6 Å². The Labute approximate surface area is 122 Å². The summed E-state index contributed by atoms with van der Waals surface area (Å²) >= 11 is 3.11. The molecule has 0 radical (unpaired) electrons. The quantitative estimate of drug-likeness (QED) is 0.782. The number of halogens is 2. The maximum absolute atomic E-state index is 12.8. The van der Waals surface area contributed by atoms with Crippen LogP contribution in [-0.2, 0) is 4.74 Å². The van der Waals surface area contributed by atoms with Crippen LogP contribution in [0.4, 0.5) is 4.39 Å². The molecule has 3 nitrogen and oxygen atoms in total. The van der Waals surface area contributed by atoms with Crippen LogP contribution in [0, 0.1) is 5.82 Å². The van der Waals surface area contributed by atoms with Crippen LogP contribution in [0.5, 0.6) is 0 Å². The van der Waals surface area contributed by atoms with E-state index < -0.39 is 0 Å². The zero-order valence-corrected chi connectivity index (χ0v) is 13.3. The highest BCUT2D eigenvalue weighted by Gasteiger charge is 2.04. The molecule has 0 amide bonds. The lowest BCUT2D eigenvalue weighted by Crippen LogP contribution is -1.77. The van der Waals surface area contributed by atoms with E-state index in [0.717, 1.165) is 11.8 Å².